The third kappa shape index (κ3) is 4.23. The molecule has 0 bridgehead atoms. The predicted octanol–water partition coefficient (Wildman–Crippen LogP) is 6.30. The molecule has 0 N–H and O–H groups in total. The maximum absolute atomic E-state index is 13.5. The minimum atomic E-state index is -4.09. The Morgan fingerprint density at radius 1 is 0.548 bits per heavy atom. The molecule has 0 spiro atoms. The first-order chi connectivity index (χ1) is 15.1. The molecule has 6 heteroatoms. The van der Waals surface area contributed by atoms with E-state index in [0.717, 1.165) is 14.7 Å². The molecule has 158 valence electrons. The van der Waals surface area contributed by atoms with Gasteiger partial charge in [-0.15, -0.1) is 0 Å². The van der Waals surface area contributed by atoms with Gasteiger partial charge in [0.25, 0.3) is 0 Å². The third-order valence-electron chi connectivity index (χ3n) is 4.75. The third-order valence-corrected chi connectivity index (χ3v) is 9.92. The number of hydrogen-bond donors (Lipinski definition) is 0. The summed E-state index contributed by atoms with van der Waals surface area (Å²) >= 11 is 0. The van der Waals surface area contributed by atoms with Crippen LogP contribution in [-0.2, 0) is 13.7 Å². The van der Waals surface area contributed by atoms with Crippen LogP contribution in [0.2, 0.25) is 0 Å². The molecule has 0 aliphatic rings. The molecule has 0 unspecified atom stereocenters. The maximum Gasteiger partial charge on any atom is 0.307 e. The highest BCUT2D eigenvalue weighted by molar-refractivity contribution is 8.33. The SMILES string of the molecule is COc1cccc(S(OS(=O)(=O)c2ccccc2)(c2ccccc2)c2ccccc2)c1. The highest BCUT2D eigenvalue weighted by Gasteiger charge is 2.38. The minimum Gasteiger partial charge on any atom is -0.497 e. The molecule has 0 aliphatic carbocycles. The predicted molar refractivity (Wildman–Crippen MR) is 123 cm³/mol. The first kappa shape index (κ1) is 21.2. The molecule has 4 aromatic rings. The number of benzene rings is 4. The summed E-state index contributed by atoms with van der Waals surface area (Å²) in [6, 6.07) is 34.6. The molecule has 0 aromatic heterocycles. The molecular weight excluding hydrogens is 428 g/mol. The van der Waals surface area contributed by atoms with Gasteiger partial charge >= 0.3 is 10.1 Å². The van der Waals surface area contributed by atoms with Crippen LogP contribution >= 0.6 is 10.3 Å². The van der Waals surface area contributed by atoms with E-state index in [-0.39, 0.29) is 4.90 Å². The van der Waals surface area contributed by atoms with Crippen molar-refractivity contribution in [1.29, 1.82) is 0 Å². The summed E-state index contributed by atoms with van der Waals surface area (Å²) in [6.07, 6.45) is 0. The second-order valence-corrected chi connectivity index (χ2v) is 11.1. The first-order valence-corrected chi connectivity index (χ1v) is 12.6. The number of rotatable bonds is 7. The van der Waals surface area contributed by atoms with Crippen molar-refractivity contribution in [3.05, 3.63) is 115 Å². The van der Waals surface area contributed by atoms with E-state index in [9.17, 15) is 8.42 Å². The molecule has 4 nitrogen and oxygen atoms in total. The lowest BCUT2D eigenvalue weighted by Crippen LogP contribution is -2.14. The Morgan fingerprint density at radius 2 is 1.00 bits per heavy atom. The fraction of sp³-hybridized carbons (Fsp3) is 0.0400. The maximum atomic E-state index is 13.5. The van der Waals surface area contributed by atoms with Crippen molar-refractivity contribution in [3.8, 4) is 5.75 Å². The molecule has 0 saturated carbocycles. The molecule has 31 heavy (non-hydrogen) atoms. The summed E-state index contributed by atoms with van der Waals surface area (Å²) in [5.41, 5.74) is 0. The smallest absolute Gasteiger partial charge is 0.307 e. The van der Waals surface area contributed by atoms with Gasteiger partial charge in [-0.1, -0.05) is 60.7 Å². The van der Waals surface area contributed by atoms with Gasteiger partial charge in [0.2, 0.25) is 0 Å². The number of hydrogen-bond acceptors (Lipinski definition) is 4. The van der Waals surface area contributed by atoms with E-state index in [1.807, 2.05) is 84.9 Å². The van der Waals surface area contributed by atoms with Crippen LogP contribution in [-0.4, -0.2) is 15.5 Å². The average molecular weight is 451 g/mol. The van der Waals surface area contributed by atoms with E-state index in [1.54, 1.807) is 37.4 Å². The summed E-state index contributed by atoms with van der Waals surface area (Å²) in [7, 11) is -5.14. The van der Waals surface area contributed by atoms with E-state index < -0.39 is 20.4 Å². The van der Waals surface area contributed by atoms with Crippen LogP contribution in [0.25, 0.3) is 0 Å². The molecule has 4 rings (SSSR count). The molecule has 0 atom stereocenters. The minimum absolute atomic E-state index is 0.113. The summed E-state index contributed by atoms with van der Waals surface area (Å²) in [5.74, 6) is 0.627. The molecule has 0 fully saturated rings. The van der Waals surface area contributed by atoms with Gasteiger partial charge in [0, 0.05) is 14.7 Å². The zero-order chi connectivity index (χ0) is 21.7. The van der Waals surface area contributed by atoms with Crippen LogP contribution in [0.3, 0.4) is 0 Å². The van der Waals surface area contributed by atoms with Gasteiger partial charge in [-0.3, -0.25) is 0 Å². The summed E-state index contributed by atoms with van der Waals surface area (Å²) in [4.78, 5) is 2.38. The molecule has 0 amide bonds. The van der Waals surface area contributed by atoms with E-state index in [0.29, 0.717) is 5.75 Å². The van der Waals surface area contributed by atoms with Gasteiger partial charge in [0.05, 0.1) is 12.0 Å². The fourth-order valence-electron chi connectivity index (χ4n) is 3.29. The normalized spacial score (nSPS) is 12.3. The summed E-state index contributed by atoms with van der Waals surface area (Å²) in [5, 5.41) is 0. The van der Waals surface area contributed by atoms with Crippen molar-refractivity contribution in [3.63, 3.8) is 0 Å². The molecule has 4 aromatic carbocycles. The van der Waals surface area contributed by atoms with Gasteiger partial charge in [-0.25, -0.2) is 3.63 Å². The van der Waals surface area contributed by atoms with E-state index in [4.69, 9.17) is 8.37 Å². The van der Waals surface area contributed by atoms with Crippen molar-refractivity contribution in [1.82, 2.24) is 0 Å². The van der Waals surface area contributed by atoms with Gasteiger partial charge in [0.1, 0.15) is 5.75 Å². The van der Waals surface area contributed by atoms with Crippen LogP contribution in [0.15, 0.2) is 135 Å². The van der Waals surface area contributed by atoms with Gasteiger partial charge in [-0.2, -0.15) is 8.42 Å². The van der Waals surface area contributed by atoms with Crippen LogP contribution in [0, 0.1) is 0 Å². The number of methoxy groups -OCH3 is 1. The second-order valence-electron chi connectivity index (χ2n) is 6.70. The van der Waals surface area contributed by atoms with E-state index in [2.05, 4.69) is 0 Å². The van der Waals surface area contributed by atoms with Crippen molar-refractivity contribution < 1.29 is 16.8 Å². The standard InChI is InChI=1S/C25H22O4S2/c1-28-21-12-11-19-25(20-21)30(22-13-5-2-6-14-22,23-15-7-3-8-16-23)29-31(26,27)24-17-9-4-10-18-24/h2-20H,1H3. The second kappa shape index (κ2) is 8.98. The van der Waals surface area contributed by atoms with Crippen LogP contribution in [0.5, 0.6) is 5.75 Å². The average Bonchev–Trinajstić information content (AvgIpc) is 2.84. The van der Waals surface area contributed by atoms with Crippen molar-refractivity contribution >= 4 is 20.4 Å². The van der Waals surface area contributed by atoms with Gasteiger partial charge < -0.3 is 4.74 Å². The monoisotopic (exact) mass is 450 g/mol. The quantitative estimate of drug-likeness (QED) is 0.332. The van der Waals surface area contributed by atoms with Crippen molar-refractivity contribution in [2.45, 2.75) is 19.6 Å². The molecule has 0 radical (unpaired) electrons. The lowest BCUT2D eigenvalue weighted by Gasteiger charge is -2.39. The Kier molecular flexibility index (Phi) is 6.13. The number of ether oxygens (including phenoxy) is 1. The molecule has 0 heterocycles. The molecule has 0 saturated heterocycles. The molecule has 0 aliphatic heterocycles. The Hall–Kier alpha value is -3.06. The zero-order valence-electron chi connectivity index (χ0n) is 16.9. The largest absolute Gasteiger partial charge is 0.497 e. The summed E-state index contributed by atoms with van der Waals surface area (Å²) < 4.78 is 38.7. The highest BCUT2D eigenvalue weighted by Crippen LogP contribution is 2.70. The zero-order valence-corrected chi connectivity index (χ0v) is 18.6. The lowest BCUT2D eigenvalue weighted by molar-refractivity contribution is 0.413. The lowest BCUT2D eigenvalue weighted by atomic mass is 10.3. The molecular formula is C25H22O4S2. The Labute approximate surface area is 184 Å². The first-order valence-electron chi connectivity index (χ1n) is 9.65. The van der Waals surface area contributed by atoms with Gasteiger partial charge in [-0.05, 0) is 64.9 Å². The van der Waals surface area contributed by atoms with Crippen molar-refractivity contribution in [2.75, 3.05) is 7.11 Å². The fourth-order valence-corrected chi connectivity index (χ4v) is 8.56. The van der Waals surface area contributed by atoms with Gasteiger partial charge in [0.15, 0.2) is 0 Å². The Morgan fingerprint density at radius 3 is 1.48 bits per heavy atom. The van der Waals surface area contributed by atoms with Crippen molar-refractivity contribution in [2.24, 2.45) is 0 Å². The van der Waals surface area contributed by atoms with E-state index >= 15 is 0 Å². The van der Waals surface area contributed by atoms with Crippen LogP contribution in [0.4, 0.5) is 0 Å². The van der Waals surface area contributed by atoms with E-state index in [1.165, 1.54) is 0 Å². The van der Waals surface area contributed by atoms with Crippen LogP contribution in [0.1, 0.15) is 0 Å². The van der Waals surface area contributed by atoms with Crippen LogP contribution < -0.4 is 4.74 Å². The summed E-state index contributed by atoms with van der Waals surface area (Å²) in [6.45, 7) is 0. The topological polar surface area (TPSA) is 52.6 Å². The Bertz CT molecular complexity index is 1200. The highest BCUT2D eigenvalue weighted by atomic mass is 32.3. The Balaban J connectivity index is 2.03.